The lowest BCUT2D eigenvalue weighted by Crippen LogP contribution is -2.61. The molecule has 2 aromatic rings. The van der Waals surface area contributed by atoms with Crippen LogP contribution in [0.1, 0.15) is 49.9 Å². The highest BCUT2D eigenvalue weighted by atomic mass is 16.2. The van der Waals surface area contributed by atoms with Crippen LogP contribution in [0.2, 0.25) is 0 Å². The van der Waals surface area contributed by atoms with Crippen LogP contribution in [0.15, 0.2) is 30.3 Å². The number of aryl methyl sites for hydroxylation is 1. The van der Waals surface area contributed by atoms with Gasteiger partial charge in [0.1, 0.15) is 0 Å². The fourth-order valence-corrected chi connectivity index (χ4v) is 6.35. The molecule has 0 radical (unpaired) electrons. The van der Waals surface area contributed by atoms with E-state index < -0.39 is 0 Å². The summed E-state index contributed by atoms with van der Waals surface area (Å²) in [5, 5.41) is 16.3. The highest BCUT2D eigenvalue weighted by Gasteiger charge is 2.62. The van der Waals surface area contributed by atoms with E-state index in [1.54, 1.807) is 0 Å². The second kappa shape index (κ2) is 6.14. The summed E-state index contributed by atoms with van der Waals surface area (Å²) in [4.78, 5) is 15.1. The maximum Gasteiger partial charge on any atom is 0.226 e. The number of hydrogen-bond donors (Lipinski definition) is 1. The van der Waals surface area contributed by atoms with Gasteiger partial charge in [0.15, 0.2) is 5.82 Å². The predicted molar refractivity (Wildman–Crippen MR) is 101 cm³/mol. The summed E-state index contributed by atoms with van der Waals surface area (Å²) in [7, 11) is 0. The van der Waals surface area contributed by atoms with Crippen molar-refractivity contribution in [2.75, 3.05) is 6.54 Å². The Labute approximate surface area is 159 Å². The molecule has 1 N–H and O–H groups in total. The lowest BCUT2D eigenvalue weighted by molar-refractivity contribution is -0.157. The van der Waals surface area contributed by atoms with Gasteiger partial charge in [0.25, 0.3) is 0 Å². The van der Waals surface area contributed by atoms with Gasteiger partial charge in [0, 0.05) is 6.54 Å². The number of carbonyl (C=O) groups is 1. The van der Waals surface area contributed by atoms with Crippen molar-refractivity contribution in [1.29, 1.82) is 0 Å². The van der Waals surface area contributed by atoms with Crippen molar-refractivity contribution in [3.8, 4) is 0 Å². The highest BCUT2D eigenvalue weighted by molar-refractivity contribution is 5.83. The summed E-state index contributed by atoms with van der Waals surface area (Å²) in [6.07, 6.45) is 7.24. The summed E-state index contributed by atoms with van der Waals surface area (Å²) in [6.45, 7) is 2.59. The average Bonchev–Trinajstić information content (AvgIpc) is 3.09. The Kier molecular flexibility index (Phi) is 3.85. The fourth-order valence-electron chi connectivity index (χ4n) is 6.35. The highest BCUT2D eigenvalue weighted by Crippen LogP contribution is 2.63. The molecule has 6 nitrogen and oxygen atoms in total. The molecule has 0 aliphatic heterocycles. The van der Waals surface area contributed by atoms with Crippen LogP contribution in [-0.4, -0.2) is 32.7 Å². The molecule has 0 spiro atoms. The van der Waals surface area contributed by atoms with E-state index >= 15 is 0 Å². The SMILES string of the molecule is Cc1nnn(C23CC4CC(CC(C(=O)NCCc5ccccc5)(C4)C2)C3)n1. The third-order valence-corrected chi connectivity index (χ3v) is 6.99. The number of nitrogens with zero attached hydrogens (tertiary/aromatic N) is 4. The lowest BCUT2D eigenvalue weighted by atomic mass is 9.46. The van der Waals surface area contributed by atoms with E-state index in [9.17, 15) is 4.79 Å². The Balaban J connectivity index is 1.33. The molecule has 4 fully saturated rings. The molecule has 27 heavy (non-hydrogen) atoms. The zero-order valence-electron chi connectivity index (χ0n) is 15.9. The van der Waals surface area contributed by atoms with Gasteiger partial charge in [-0.2, -0.15) is 4.80 Å². The number of benzene rings is 1. The first kappa shape index (κ1) is 16.9. The molecule has 4 saturated carbocycles. The topological polar surface area (TPSA) is 72.7 Å². The first-order valence-corrected chi connectivity index (χ1v) is 10.2. The van der Waals surface area contributed by atoms with Crippen LogP contribution in [-0.2, 0) is 16.8 Å². The summed E-state index contributed by atoms with van der Waals surface area (Å²) in [5.41, 5.74) is 0.909. The number of nitrogens with one attached hydrogen (secondary N) is 1. The molecule has 6 heteroatoms. The Bertz CT molecular complexity index is 831. The first-order valence-electron chi connectivity index (χ1n) is 10.2. The quantitative estimate of drug-likeness (QED) is 0.884. The van der Waals surface area contributed by atoms with E-state index in [-0.39, 0.29) is 16.9 Å². The monoisotopic (exact) mass is 365 g/mol. The number of hydrogen-bond acceptors (Lipinski definition) is 4. The maximum atomic E-state index is 13.3. The molecule has 2 unspecified atom stereocenters. The molecule has 6 rings (SSSR count). The summed E-state index contributed by atoms with van der Waals surface area (Å²) in [5.74, 6) is 2.18. The molecule has 4 aliphatic rings. The number of carbonyl (C=O) groups excluding carboxylic acids is 1. The van der Waals surface area contributed by atoms with Crippen LogP contribution < -0.4 is 5.32 Å². The zero-order valence-corrected chi connectivity index (χ0v) is 15.9. The van der Waals surface area contributed by atoms with Crippen LogP contribution in [0.3, 0.4) is 0 Å². The van der Waals surface area contributed by atoms with Gasteiger partial charge in [-0.3, -0.25) is 4.79 Å². The summed E-state index contributed by atoms with van der Waals surface area (Å²) < 4.78 is 0. The number of tetrazole rings is 1. The largest absolute Gasteiger partial charge is 0.355 e. The zero-order chi connectivity index (χ0) is 18.5. The molecular formula is C21H27N5O. The van der Waals surface area contributed by atoms with Crippen molar-refractivity contribution in [1.82, 2.24) is 25.5 Å². The molecule has 1 amide bonds. The maximum absolute atomic E-state index is 13.3. The average molecular weight is 365 g/mol. The van der Waals surface area contributed by atoms with Gasteiger partial charge in [0.05, 0.1) is 11.0 Å². The van der Waals surface area contributed by atoms with Crippen molar-refractivity contribution >= 4 is 5.91 Å². The number of amides is 1. The van der Waals surface area contributed by atoms with Gasteiger partial charge < -0.3 is 5.32 Å². The minimum Gasteiger partial charge on any atom is -0.355 e. The lowest BCUT2D eigenvalue weighted by Gasteiger charge is -2.60. The smallest absolute Gasteiger partial charge is 0.226 e. The van der Waals surface area contributed by atoms with Crippen LogP contribution in [0.5, 0.6) is 0 Å². The van der Waals surface area contributed by atoms with E-state index in [2.05, 4.69) is 32.9 Å². The Morgan fingerprint density at radius 3 is 2.59 bits per heavy atom. The van der Waals surface area contributed by atoms with E-state index in [0.717, 1.165) is 38.5 Å². The van der Waals surface area contributed by atoms with Gasteiger partial charge in [0.2, 0.25) is 5.91 Å². The van der Waals surface area contributed by atoms with Crippen molar-refractivity contribution in [3.63, 3.8) is 0 Å². The van der Waals surface area contributed by atoms with Gasteiger partial charge in [-0.05, 0) is 74.5 Å². The molecule has 4 aliphatic carbocycles. The molecule has 1 heterocycles. The molecule has 2 atom stereocenters. The van der Waals surface area contributed by atoms with Crippen LogP contribution >= 0.6 is 0 Å². The molecule has 1 aromatic heterocycles. The normalized spacial score (nSPS) is 34.0. The van der Waals surface area contributed by atoms with E-state index in [1.165, 1.54) is 12.0 Å². The standard InChI is InChI=1S/C21H27N5O/c1-15-23-25-26(24-15)21-12-17-9-18(13-21)11-20(10-17,14-21)19(27)22-8-7-16-5-3-2-4-6-16/h2-6,17-18H,7-14H2,1H3,(H,22,27). The van der Waals surface area contributed by atoms with Gasteiger partial charge >= 0.3 is 0 Å². The second-order valence-corrected chi connectivity index (χ2v) is 9.08. The van der Waals surface area contributed by atoms with E-state index in [4.69, 9.17) is 0 Å². The Morgan fingerprint density at radius 1 is 1.19 bits per heavy atom. The third-order valence-electron chi connectivity index (χ3n) is 6.99. The summed E-state index contributed by atoms with van der Waals surface area (Å²) >= 11 is 0. The Morgan fingerprint density at radius 2 is 1.93 bits per heavy atom. The molecule has 142 valence electrons. The van der Waals surface area contributed by atoms with E-state index in [1.807, 2.05) is 29.9 Å². The number of aromatic nitrogens is 4. The minimum atomic E-state index is -0.248. The minimum absolute atomic E-state index is 0.109. The van der Waals surface area contributed by atoms with Crippen molar-refractivity contribution < 1.29 is 4.79 Å². The van der Waals surface area contributed by atoms with Crippen molar-refractivity contribution in [3.05, 3.63) is 41.7 Å². The summed E-state index contributed by atoms with van der Waals surface area (Å²) in [6, 6.07) is 10.4. The van der Waals surface area contributed by atoms with Crippen molar-refractivity contribution in [2.45, 2.75) is 57.4 Å². The van der Waals surface area contributed by atoms with Crippen LogP contribution in [0.25, 0.3) is 0 Å². The first-order chi connectivity index (χ1) is 13.1. The molecule has 0 saturated heterocycles. The predicted octanol–water partition coefficient (Wildman–Crippen LogP) is 2.64. The van der Waals surface area contributed by atoms with Crippen molar-refractivity contribution in [2.24, 2.45) is 17.3 Å². The number of rotatable bonds is 5. The molecule has 1 aromatic carbocycles. The molecule has 4 bridgehead atoms. The third kappa shape index (κ3) is 2.86. The van der Waals surface area contributed by atoms with Gasteiger partial charge in [-0.25, -0.2) is 0 Å². The molecular weight excluding hydrogens is 338 g/mol. The fraction of sp³-hybridized carbons (Fsp3) is 0.619. The van der Waals surface area contributed by atoms with Crippen LogP contribution in [0, 0.1) is 24.2 Å². The van der Waals surface area contributed by atoms with Gasteiger partial charge in [-0.15, -0.1) is 10.2 Å². The van der Waals surface area contributed by atoms with E-state index in [0.29, 0.717) is 24.2 Å². The Hall–Kier alpha value is -2.24. The van der Waals surface area contributed by atoms with Gasteiger partial charge in [-0.1, -0.05) is 30.3 Å². The second-order valence-electron chi connectivity index (χ2n) is 9.08. The van der Waals surface area contributed by atoms with Crippen LogP contribution in [0.4, 0.5) is 0 Å².